The maximum Gasteiger partial charge on any atom is 0.308 e. The van der Waals surface area contributed by atoms with Gasteiger partial charge in [-0.1, -0.05) is 59.1 Å². The van der Waals surface area contributed by atoms with Crippen molar-refractivity contribution in [3.63, 3.8) is 0 Å². The summed E-state index contributed by atoms with van der Waals surface area (Å²) in [5, 5.41) is 0. The van der Waals surface area contributed by atoms with Gasteiger partial charge in [-0.15, -0.1) is 0 Å². The molecule has 1 aromatic carbocycles. The van der Waals surface area contributed by atoms with Crippen molar-refractivity contribution in [1.29, 1.82) is 0 Å². The minimum atomic E-state index is -0.451. The Morgan fingerprint density at radius 1 is 1.04 bits per heavy atom. The zero-order valence-electron chi connectivity index (χ0n) is 16.9. The van der Waals surface area contributed by atoms with E-state index in [2.05, 4.69) is 4.74 Å². The van der Waals surface area contributed by atoms with E-state index in [1.807, 2.05) is 27.7 Å². The quantitative estimate of drug-likeness (QED) is 0.636. The van der Waals surface area contributed by atoms with Crippen LogP contribution in [0.2, 0.25) is 0 Å². The SMILES string of the molecule is CC.CC.COC(=O)C1CCCCC1.NC(=O)c1ccc(CC=O)cc1. The lowest BCUT2D eigenvalue weighted by Gasteiger charge is -2.18. The normalized spacial score (nSPS) is 12.7. The van der Waals surface area contributed by atoms with E-state index in [1.165, 1.54) is 26.4 Å². The number of primary amides is 1. The summed E-state index contributed by atoms with van der Waals surface area (Å²) in [4.78, 5) is 31.7. The molecule has 1 fully saturated rings. The van der Waals surface area contributed by atoms with Crippen molar-refractivity contribution in [2.24, 2.45) is 11.7 Å². The Labute approximate surface area is 158 Å². The van der Waals surface area contributed by atoms with Crippen LogP contribution in [0.5, 0.6) is 0 Å². The lowest BCUT2D eigenvalue weighted by molar-refractivity contribution is -0.146. The Bertz CT molecular complexity index is 491. The maximum atomic E-state index is 10.9. The molecule has 5 heteroatoms. The van der Waals surface area contributed by atoms with Crippen molar-refractivity contribution in [3.05, 3.63) is 35.4 Å². The fourth-order valence-electron chi connectivity index (χ4n) is 2.41. The van der Waals surface area contributed by atoms with Gasteiger partial charge in [-0.05, 0) is 30.5 Å². The Kier molecular flexibility index (Phi) is 17.7. The van der Waals surface area contributed by atoms with E-state index in [0.717, 1.165) is 24.7 Å². The van der Waals surface area contributed by atoms with E-state index in [-0.39, 0.29) is 11.9 Å². The topological polar surface area (TPSA) is 86.5 Å². The molecule has 0 saturated heterocycles. The minimum absolute atomic E-state index is 0.0142. The number of benzene rings is 1. The molecule has 1 aliphatic rings. The number of methoxy groups -OCH3 is 1. The third kappa shape index (κ3) is 11.4. The summed E-state index contributed by atoms with van der Waals surface area (Å²) in [6, 6.07) is 6.66. The van der Waals surface area contributed by atoms with E-state index in [0.29, 0.717) is 12.0 Å². The van der Waals surface area contributed by atoms with Gasteiger partial charge in [0.2, 0.25) is 5.91 Å². The predicted molar refractivity (Wildman–Crippen MR) is 106 cm³/mol. The lowest BCUT2D eigenvalue weighted by atomic mass is 9.89. The number of aldehydes is 1. The molecule has 1 saturated carbocycles. The Morgan fingerprint density at radius 2 is 1.54 bits per heavy atom. The number of amides is 1. The summed E-state index contributed by atoms with van der Waals surface area (Å²) in [5.74, 6) is -0.258. The monoisotopic (exact) mass is 365 g/mol. The number of rotatable bonds is 4. The van der Waals surface area contributed by atoms with Crippen molar-refractivity contribution in [3.8, 4) is 0 Å². The highest BCUT2D eigenvalue weighted by Crippen LogP contribution is 2.24. The molecule has 2 N–H and O–H groups in total. The summed E-state index contributed by atoms with van der Waals surface area (Å²) in [7, 11) is 1.47. The van der Waals surface area contributed by atoms with Crippen LogP contribution in [0.4, 0.5) is 0 Å². The third-order valence-electron chi connectivity index (χ3n) is 3.70. The second kappa shape index (κ2) is 17.6. The smallest absolute Gasteiger partial charge is 0.308 e. The molecule has 1 aromatic rings. The highest BCUT2D eigenvalue weighted by atomic mass is 16.5. The van der Waals surface area contributed by atoms with Gasteiger partial charge in [-0.3, -0.25) is 9.59 Å². The van der Waals surface area contributed by atoms with Gasteiger partial charge in [-0.2, -0.15) is 0 Å². The first-order valence-electron chi connectivity index (χ1n) is 9.48. The zero-order chi connectivity index (χ0) is 20.4. The predicted octanol–water partition coefficient (Wildman–Crippen LogP) is 4.32. The number of hydrogen-bond donors (Lipinski definition) is 1. The van der Waals surface area contributed by atoms with E-state index >= 15 is 0 Å². The highest BCUT2D eigenvalue weighted by Gasteiger charge is 2.20. The van der Waals surface area contributed by atoms with Crippen LogP contribution in [0, 0.1) is 5.92 Å². The van der Waals surface area contributed by atoms with Gasteiger partial charge in [0.1, 0.15) is 6.29 Å². The van der Waals surface area contributed by atoms with Crippen molar-refractivity contribution in [2.75, 3.05) is 7.11 Å². The molecule has 26 heavy (non-hydrogen) atoms. The molecule has 1 amide bonds. The van der Waals surface area contributed by atoms with E-state index < -0.39 is 5.91 Å². The van der Waals surface area contributed by atoms with Gasteiger partial charge in [-0.25, -0.2) is 0 Å². The molecule has 0 spiro atoms. The first-order chi connectivity index (χ1) is 12.6. The van der Waals surface area contributed by atoms with Gasteiger partial charge < -0.3 is 15.3 Å². The number of nitrogens with two attached hydrogens (primary N) is 1. The van der Waals surface area contributed by atoms with Crippen molar-refractivity contribution in [2.45, 2.75) is 66.2 Å². The minimum Gasteiger partial charge on any atom is -0.469 e. The maximum absolute atomic E-state index is 10.9. The number of carbonyl (C=O) groups is 3. The fraction of sp³-hybridized carbons (Fsp3) is 0.571. The summed E-state index contributed by atoms with van der Waals surface area (Å²) in [5.41, 5.74) is 6.38. The van der Waals surface area contributed by atoms with E-state index in [9.17, 15) is 14.4 Å². The average molecular weight is 366 g/mol. The molecule has 0 heterocycles. The Balaban J connectivity index is 0. The summed E-state index contributed by atoms with van der Waals surface area (Å²) < 4.78 is 4.65. The van der Waals surface area contributed by atoms with Crippen LogP contribution >= 0.6 is 0 Å². The molecule has 0 aliphatic heterocycles. The molecule has 0 unspecified atom stereocenters. The number of ether oxygens (including phenoxy) is 1. The Hall–Kier alpha value is -2.17. The second-order valence-corrected chi connectivity index (χ2v) is 5.29. The molecule has 5 nitrogen and oxygen atoms in total. The van der Waals surface area contributed by atoms with Crippen LogP contribution < -0.4 is 5.73 Å². The second-order valence-electron chi connectivity index (χ2n) is 5.29. The van der Waals surface area contributed by atoms with Crippen LogP contribution in [-0.4, -0.2) is 25.3 Å². The van der Waals surface area contributed by atoms with Crippen molar-refractivity contribution < 1.29 is 19.1 Å². The van der Waals surface area contributed by atoms with Crippen LogP contribution in [0.1, 0.15) is 75.7 Å². The summed E-state index contributed by atoms with van der Waals surface area (Å²) in [6.07, 6.45) is 6.94. The number of hydrogen-bond acceptors (Lipinski definition) is 4. The van der Waals surface area contributed by atoms with Crippen molar-refractivity contribution in [1.82, 2.24) is 0 Å². The van der Waals surface area contributed by atoms with E-state index in [4.69, 9.17) is 5.73 Å². The summed E-state index contributed by atoms with van der Waals surface area (Å²) in [6.45, 7) is 8.00. The van der Waals surface area contributed by atoms with Crippen LogP contribution in [-0.2, 0) is 20.7 Å². The molecule has 148 valence electrons. The van der Waals surface area contributed by atoms with Crippen LogP contribution in [0.25, 0.3) is 0 Å². The van der Waals surface area contributed by atoms with Crippen molar-refractivity contribution >= 4 is 18.2 Å². The van der Waals surface area contributed by atoms with Gasteiger partial charge in [0.15, 0.2) is 0 Å². The lowest BCUT2D eigenvalue weighted by Crippen LogP contribution is -2.18. The molecule has 0 bridgehead atoms. The van der Waals surface area contributed by atoms with Crippen LogP contribution in [0.15, 0.2) is 24.3 Å². The molecule has 1 aliphatic carbocycles. The largest absolute Gasteiger partial charge is 0.469 e. The van der Waals surface area contributed by atoms with Gasteiger partial charge in [0.05, 0.1) is 13.0 Å². The third-order valence-corrected chi connectivity index (χ3v) is 3.70. The first-order valence-corrected chi connectivity index (χ1v) is 9.48. The van der Waals surface area contributed by atoms with E-state index in [1.54, 1.807) is 24.3 Å². The van der Waals surface area contributed by atoms with Gasteiger partial charge in [0.25, 0.3) is 0 Å². The number of esters is 1. The molecule has 2 rings (SSSR count). The molecule has 0 aromatic heterocycles. The number of carbonyl (C=O) groups excluding carboxylic acids is 3. The van der Waals surface area contributed by atoms with Crippen LogP contribution in [0.3, 0.4) is 0 Å². The van der Waals surface area contributed by atoms with Gasteiger partial charge in [0, 0.05) is 12.0 Å². The van der Waals surface area contributed by atoms with Gasteiger partial charge >= 0.3 is 5.97 Å². The molecule has 0 radical (unpaired) electrons. The molecular weight excluding hydrogens is 330 g/mol. The molecular formula is C21H35NO4. The highest BCUT2D eigenvalue weighted by molar-refractivity contribution is 5.92. The zero-order valence-corrected chi connectivity index (χ0v) is 16.9. The summed E-state index contributed by atoms with van der Waals surface area (Å²) >= 11 is 0. The Morgan fingerprint density at radius 3 is 1.92 bits per heavy atom. The standard InChI is InChI=1S/C9H9NO2.C8H14O2.2C2H6/c10-9(12)8-3-1-7(2-4-8)5-6-11;1-10-8(9)7-5-3-2-4-6-7;2*1-2/h1-4,6H,5H2,(H2,10,12);7H,2-6H2,1H3;2*1-2H3. The molecule has 0 atom stereocenters. The first kappa shape index (κ1) is 26.1. The average Bonchev–Trinajstić information content (AvgIpc) is 2.72. The fourth-order valence-corrected chi connectivity index (χ4v) is 2.41.